The number of anilines is 2. The molecule has 1 N–H and O–H groups in total. The van der Waals surface area contributed by atoms with Crippen molar-refractivity contribution in [2.45, 2.75) is 31.7 Å². The minimum atomic E-state index is 0.0970. The minimum Gasteiger partial charge on any atom is -0.368 e. The molecule has 0 bridgehead atoms. The van der Waals surface area contributed by atoms with Crippen LogP contribution in [0.3, 0.4) is 0 Å². The van der Waals surface area contributed by atoms with Gasteiger partial charge in [-0.2, -0.15) is 5.26 Å². The molecule has 6 nitrogen and oxygen atoms in total. The van der Waals surface area contributed by atoms with Gasteiger partial charge in [-0.3, -0.25) is 4.79 Å². The average Bonchev–Trinajstić information content (AvgIpc) is 3.16. The molecule has 1 saturated carbocycles. The number of allylic oxidation sites excluding steroid dienone is 2. The summed E-state index contributed by atoms with van der Waals surface area (Å²) in [5.41, 5.74) is 4.78. The van der Waals surface area contributed by atoms with Crippen molar-refractivity contribution >= 4 is 22.9 Å². The van der Waals surface area contributed by atoms with E-state index in [9.17, 15) is 10.1 Å². The van der Waals surface area contributed by atoms with Crippen LogP contribution in [-0.2, 0) is 0 Å². The highest BCUT2D eigenvalue weighted by Crippen LogP contribution is 2.46. The molecule has 0 spiro atoms. The van der Waals surface area contributed by atoms with Gasteiger partial charge in [0, 0.05) is 55.0 Å². The molecule has 164 valence electrons. The van der Waals surface area contributed by atoms with Crippen LogP contribution in [0.4, 0.5) is 11.5 Å². The standard InChI is InChI=1S/C26H29N5O/c1-17(32)18-3-5-22(6-4-18)30-9-11-31(12-10-30)25-8-7-23-20(16-27)15-24(26(23)29-25)19-13-21(14-19)28-2/h3-8,15,19,21,24,28H,9-14H2,1-2H3. The molecule has 32 heavy (non-hydrogen) atoms. The van der Waals surface area contributed by atoms with Crippen LogP contribution in [0.5, 0.6) is 0 Å². The number of pyridine rings is 1. The molecule has 1 aromatic heterocycles. The molecular weight excluding hydrogens is 398 g/mol. The first-order valence-electron chi connectivity index (χ1n) is 11.5. The molecule has 2 aliphatic carbocycles. The maximum Gasteiger partial charge on any atom is 0.159 e. The highest BCUT2D eigenvalue weighted by atomic mass is 16.1. The molecule has 6 heteroatoms. The van der Waals surface area contributed by atoms with E-state index >= 15 is 0 Å². The highest BCUT2D eigenvalue weighted by Gasteiger charge is 2.39. The fourth-order valence-corrected chi connectivity index (χ4v) is 5.22. The van der Waals surface area contributed by atoms with Gasteiger partial charge in [-0.25, -0.2) is 4.98 Å². The molecule has 0 radical (unpaired) electrons. The van der Waals surface area contributed by atoms with Gasteiger partial charge in [-0.15, -0.1) is 0 Å². The number of nitrogens with one attached hydrogen (secondary N) is 1. The van der Waals surface area contributed by atoms with Crippen molar-refractivity contribution in [1.82, 2.24) is 10.3 Å². The number of rotatable bonds is 5. The monoisotopic (exact) mass is 427 g/mol. The Morgan fingerprint density at radius 2 is 1.75 bits per heavy atom. The van der Waals surface area contributed by atoms with E-state index in [2.05, 4.69) is 39.4 Å². The summed E-state index contributed by atoms with van der Waals surface area (Å²) < 4.78 is 0. The number of hydrogen-bond donors (Lipinski definition) is 1. The lowest BCUT2D eigenvalue weighted by atomic mass is 9.72. The van der Waals surface area contributed by atoms with Gasteiger partial charge in [0.25, 0.3) is 0 Å². The Morgan fingerprint density at radius 3 is 2.38 bits per heavy atom. The first-order valence-corrected chi connectivity index (χ1v) is 11.5. The van der Waals surface area contributed by atoms with Crippen molar-refractivity contribution in [3.8, 4) is 6.07 Å². The predicted octanol–water partition coefficient (Wildman–Crippen LogP) is 3.61. The number of carbonyl (C=O) groups is 1. The number of nitriles is 1. The lowest BCUT2D eigenvalue weighted by Crippen LogP contribution is -2.47. The van der Waals surface area contributed by atoms with Crippen LogP contribution in [-0.4, -0.2) is 50.0 Å². The number of fused-ring (bicyclic) bond motifs is 1. The van der Waals surface area contributed by atoms with Crippen LogP contribution in [0.1, 0.15) is 47.3 Å². The van der Waals surface area contributed by atoms with Gasteiger partial charge in [0.1, 0.15) is 5.82 Å². The predicted molar refractivity (Wildman–Crippen MR) is 127 cm³/mol. The van der Waals surface area contributed by atoms with Crippen molar-refractivity contribution < 1.29 is 4.79 Å². The third kappa shape index (κ3) is 3.67. The quantitative estimate of drug-likeness (QED) is 0.735. The minimum absolute atomic E-state index is 0.0970. The van der Waals surface area contributed by atoms with E-state index in [1.54, 1.807) is 6.92 Å². The second-order valence-corrected chi connectivity index (χ2v) is 9.11. The Balaban J connectivity index is 1.29. The van der Waals surface area contributed by atoms with Gasteiger partial charge in [0.05, 0.1) is 17.3 Å². The summed E-state index contributed by atoms with van der Waals surface area (Å²) in [4.78, 5) is 21.3. The van der Waals surface area contributed by atoms with E-state index in [1.165, 1.54) is 0 Å². The largest absolute Gasteiger partial charge is 0.368 e. The number of piperazine rings is 1. The van der Waals surface area contributed by atoms with E-state index in [0.29, 0.717) is 12.0 Å². The molecule has 1 unspecified atom stereocenters. The first kappa shape index (κ1) is 20.7. The van der Waals surface area contributed by atoms with E-state index in [-0.39, 0.29) is 11.7 Å². The summed E-state index contributed by atoms with van der Waals surface area (Å²) in [5, 5.41) is 13.0. The Labute approximate surface area is 189 Å². The van der Waals surface area contributed by atoms with Crippen LogP contribution < -0.4 is 15.1 Å². The molecule has 2 fully saturated rings. The summed E-state index contributed by atoms with van der Waals surface area (Å²) in [7, 11) is 2.02. The van der Waals surface area contributed by atoms with Crippen molar-refractivity contribution in [3.05, 3.63) is 59.3 Å². The number of benzene rings is 1. The zero-order chi connectivity index (χ0) is 22.2. The van der Waals surface area contributed by atoms with Gasteiger partial charge in [0.2, 0.25) is 0 Å². The van der Waals surface area contributed by atoms with Crippen LogP contribution in [0.25, 0.3) is 5.57 Å². The van der Waals surface area contributed by atoms with Crippen LogP contribution in [0, 0.1) is 17.2 Å². The van der Waals surface area contributed by atoms with Crippen LogP contribution in [0.15, 0.2) is 42.5 Å². The van der Waals surface area contributed by atoms with Gasteiger partial charge in [-0.1, -0.05) is 6.08 Å². The number of Topliss-reactive ketones (excluding diaryl/α,β-unsaturated/α-hetero) is 1. The zero-order valence-corrected chi connectivity index (χ0v) is 18.7. The van der Waals surface area contributed by atoms with Crippen LogP contribution >= 0.6 is 0 Å². The summed E-state index contributed by atoms with van der Waals surface area (Å²) >= 11 is 0. The number of hydrogen-bond acceptors (Lipinski definition) is 6. The fraction of sp³-hybridized carbons (Fsp3) is 0.423. The molecule has 1 saturated heterocycles. The van der Waals surface area contributed by atoms with E-state index in [0.717, 1.165) is 72.9 Å². The zero-order valence-electron chi connectivity index (χ0n) is 18.7. The Bertz CT molecular complexity index is 1090. The topological polar surface area (TPSA) is 72.3 Å². The Kier molecular flexibility index (Phi) is 5.44. The fourth-order valence-electron chi connectivity index (χ4n) is 5.22. The maximum atomic E-state index is 11.5. The van der Waals surface area contributed by atoms with Gasteiger partial charge < -0.3 is 15.1 Å². The number of nitrogens with zero attached hydrogens (tertiary/aromatic N) is 4. The van der Waals surface area contributed by atoms with Gasteiger partial charge >= 0.3 is 0 Å². The second kappa shape index (κ2) is 8.40. The molecule has 1 atom stereocenters. The Morgan fingerprint density at radius 1 is 1.06 bits per heavy atom. The smallest absolute Gasteiger partial charge is 0.159 e. The number of carbonyl (C=O) groups excluding carboxylic acids is 1. The summed E-state index contributed by atoms with van der Waals surface area (Å²) in [6.45, 7) is 5.22. The molecule has 2 heterocycles. The van der Waals surface area contributed by atoms with Gasteiger partial charge in [0.15, 0.2) is 5.78 Å². The maximum absolute atomic E-state index is 11.5. The third-order valence-corrected chi connectivity index (χ3v) is 7.32. The normalized spacial score (nSPS) is 24.4. The lowest BCUT2D eigenvalue weighted by molar-refractivity contribution is 0.101. The third-order valence-electron chi connectivity index (χ3n) is 7.32. The summed E-state index contributed by atoms with van der Waals surface area (Å²) in [5.74, 6) is 1.93. The molecule has 1 aromatic carbocycles. The van der Waals surface area contributed by atoms with Crippen molar-refractivity contribution in [2.75, 3.05) is 43.0 Å². The molecular formula is C26H29N5O. The molecule has 2 aromatic rings. The highest BCUT2D eigenvalue weighted by molar-refractivity contribution is 5.94. The van der Waals surface area contributed by atoms with Crippen molar-refractivity contribution in [3.63, 3.8) is 0 Å². The SMILES string of the molecule is CNC1CC(C2C=C(C#N)c3ccc(N4CCN(c5ccc(C(C)=O)cc5)CC4)nc32)C1. The lowest BCUT2D eigenvalue weighted by Gasteiger charge is -2.39. The average molecular weight is 428 g/mol. The number of ketones is 1. The Hall–Kier alpha value is -3.17. The number of aromatic nitrogens is 1. The van der Waals surface area contributed by atoms with E-state index in [1.807, 2.05) is 31.3 Å². The van der Waals surface area contributed by atoms with E-state index < -0.39 is 0 Å². The summed E-state index contributed by atoms with van der Waals surface area (Å²) in [6.07, 6.45) is 4.42. The molecule has 1 aliphatic heterocycles. The summed E-state index contributed by atoms with van der Waals surface area (Å²) in [6, 6.07) is 15.0. The van der Waals surface area contributed by atoms with Gasteiger partial charge in [-0.05, 0) is 69.1 Å². The molecule has 3 aliphatic rings. The first-order chi connectivity index (χ1) is 15.6. The second-order valence-electron chi connectivity index (χ2n) is 9.11. The van der Waals surface area contributed by atoms with Crippen LogP contribution in [0.2, 0.25) is 0 Å². The van der Waals surface area contributed by atoms with Crippen molar-refractivity contribution in [2.24, 2.45) is 5.92 Å². The molecule has 0 amide bonds. The molecule has 5 rings (SSSR count). The van der Waals surface area contributed by atoms with E-state index in [4.69, 9.17) is 4.98 Å². The van der Waals surface area contributed by atoms with Crippen molar-refractivity contribution in [1.29, 1.82) is 5.26 Å².